The maximum atomic E-state index is 12.9. The van der Waals surface area contributed by atoms with Crippen molar-refractivity contribution in [1.29, 1.82) is 0 Å². The minimum Gasteiger partial charge on any atom is -0.465 e. The van der Waals surface area contributed by atoms with Crippen LogP contribution in [0.5, 0.6) is 0 Å². The Hall–Kier alpha value is -1.89. The number of hydrogen-bond acceptors (Lipinski definition) is 5. The van der Waals surface area contributed by atoms with Crippen LogP contribution < -0.4 is 5.32 Å². The van der Waals surface area contributed by atoms with E-state index in [0.717, 1.165) is 31.2 Å². The molecule has 0 saturated carbocycles. The Morgan fingerprint density at radius 1 is 1.11 bits per heavy atom. The van der Waals surface area contributed by atoms with Gasteiger partial charge in [0.25, 0.3) is 0 Å². The highest BCUT2D eigenvalue weighted by atomic mass is 32.1. The lowest BCUT2D eigenvalue weighted by Gasteiger charge is -2.35. The molecule has 0 spiro atoms. The van der Waals surface area contributed by atoms with Gasteiger partial charge in [-0.15, -0.1) is 11.3 Å². The Morgan fingerprint density at radius 2 is 1.75 bits per heavy atom. The molecule has 2 amide bonds. The number of hydrogen-bond donors (Lipinski definition) is 1. The van der Waals surface area contributed by atoms with Gasteiger partial charge in [-0.05, 0) is 44.1 Å². The highest BCUT2D eigenvalue weighted by Gasteiger charge is 2.33. The zero-order chi connectivity index (χ0) is 20.5. The molecule has 0 bridgehead atoms. The van der Waals surface area contributed by atoms with Crippen LogP contribution in [0.2, 0.25) is 0 Å². The van der Waals surface area contributed by atoms with Gasteiger partial charge < -0.3 is 15.0 Å². The first kappa shape index (κ1) is 20.8. The molecule has 0 unspecified atom stereocenters. The molecule has 7 heteroatoms. The second-order valence-electron chi connectivity index (χ2n) is 8.71. The minimum absolute atomic E-state index is 0.0633. The Balaban J connectivity index is 1.68. The van der Waals surface area contributed by atoms with Crippen LogP contribution in [0.1, 0.15) is 67.3 Å². The summed E-state index contributed by atoms with van der Waals surface area (Å²) in [5, 5.41) is 3.62. The van der Waals surface area contributed by atoms with E-state index in [1.807, 2.05) is 25.7 Å². The van der Waals surface area contributed by atoms with E-state index in [1.165, 1.54) is 23.3 Å². The number of piperidine rings is 1. The molecule has 1 aromatic heterocycles. The summed E-state index contributed by atoms with van der Waals surface area (Å²) in [6, 6.07) is 0. The van der Waals surface area contributed by atoms with E-state index in [2.05, 4.69) is 5.32 Å². The molecule has 0 aromatic carbocycles. The Bertz CT molecular complexity index is 770. The molecule has 3 rings (SSSR count). The summed E-state index contributed by atoms with van der Waals surface area (Å²) in [5.74, 6) is -0.453. The summed E-state index contributed by atoms with van der Waals surface area (Å²) in [4.78, 5) is 40.7. The minimum atomic E-state index is -0.402. The van der Waals surface area contributed by atoms with Crippen LogP contribution in [0, 0.1) is 11.3 Å². The molecule has 0 atom stereocenters. The first-order chi connectivity index (χ1) is 13.2. The van der Waals surface area contributed by atoms with Gasteiger partial charge in [0.05, 0.1) is 12.7 Å². The average molecular weight is 407 g/mol. The normalized spacial score (nSPS) is 17.8. The van der Waals surface area contributed by atoms with Gasteiger partial charge in [-0.25, -0.2) is 4.79 Å². The number of anilines is 1. The molecule has 1 aliphatic heterocycles. The summed E-state index contributed by atoms with van der Waals surface area (Å²) >= 11 is 1.51. The third kappa shape index (κ3) is 4.24. The molecule has 2 aliphatic rings. The predicted octanol–water partition coefficient (Wildman–Crippen LogP) is 3.64. The van der Waals surface area contributed by atoms with Crippen LogP contribution in [0.3, 0.4) is 0 Å². The van der Waals surface area contributed by atoms with Crippen molar-refractivity contribution in [3.05, 3.63) is 16.0 Å². The largest absolute Gasteiger partial charge is 0.465 e. The second kappa shape index (κ2) is 8.23. The SMILES string of the molecule is COC(=O)c1c(NC(=O)C2CCN(C(=O)C(C)(C)C)CC2)sc2c1CCCC2. The van der Waals surface area contributed by atoms with Crippen LogP contribution in [-0.4, -0.2) is 42.9 Å². The number of rotatable bonds is 3. The molecular formula is C21H30N2O4S. The third-order valence-corrected chi connectivity index (χ3v) is 6.80. The number of amides is 2. The lowest BCUT2D eigenvalue weighted by atomic mass is 9.90. The number of carbonyl (C=O) groups excluding carboxylic acids is 3. The van der Waals surface area contributed by atoms with Crippen molar-refractivity contribution in [3.8, 4) is 0 Å². The number of esters is 1. The van der Waals surface area contributed by atoms with E-state index in [-0.39, 0.29) is 23.7 Å². The number of ether oxygens (including phenoxy) is 1. The zero-order valence-electron chi connectivity index (χ0n) is 17.2. The molecule has 154 valence electrons. The molecule has 2 heterocycles. The van der Waals surface area contributed by atoms with Gasteiger partial charge in [0.2, 0.25) is 11.8 Å². The fraction of sp³-hybridized carbons (Fsp3) is 0.667. The average Bonchev–Trinajstić information content (AvgIpc) is 3.04. The van der Waals surface area contributed by atoms with Crippen LogP contribution >= 0.6 is 11.3 Å². The topological polar surface area (TPSA) is 75.7 Å². The summed E-state index contributed by atoms with van der Waals surface area (Å²) in [6.45, 7) is 6.95. The van der Waals surface area contributed by atoms with Crippen LogP contribution in [0.25, 0.3) is 0 Å². The number of likely N-dealkylation sites (tertiary alicyclic amines) is 1. The van der Waals surface area contributed by atoms with E-state index < -0.39 is 5.41 Å². The fourth-order valence-electron chi connectivity index (χ4n) is 4.01. The monoisotopic (exact) mass is 406 g/mol. The number of nitrogens with one attached hydrogen (secondary N) is 1. The number of thiophene rings is 1. The summed E-state index contributed by atoms with van der Waals surface area (Å²) in [7, 11) is 1.38. The van der Waals surface area contributed by atoms with Crippen LogP contribution in [0.4, 0.5) is 5.00 Å². The zero-order valence-corrected chi connectivity index (χ0v) is 18.0. The lowest BCUT2D eigenvalue weighted by molar-refractivity contribution is -0.142. The Labute approximate surface area is 170 Å². The smallest absolute Gasteiger partial charge is 0.341 e. The first-order valence-electron chi connectivity index (χ1n) is 10.1. The number of nitrogens with zero attached hydrogens (tertiary/aromatic N) is 1. The van der Waals surface area contributed by atoms with Crippen molar-refractivity contribution in [1.82, 2.24) is 4.90 Å². The van der Waals surface area contributed by atoms with Gasteiger partial charge >= 0.3 is 5.97 Å². The summed E-state index contributed by atoms with van der Waals surface area (Å²) in [6.07, 6.45) is 5.27. The molecule has 1 aromatic rings. The maximum Gasteiger partial charge on any atom is 0.341 e. The molecule has 0 radical (unpaired) electrons. The van der Waals surface area contributed by atoms with E-state index in [0.29, 0.717) is 36.5 Å². The fourth-order valence-corrected chi connectivity index (χ4v) is 5.29. The highest BCUT2D eigenvalue weighted by Crippen LogP contribution is 2.39. The van der Waals surface area contributed by atoms with Gasteiger partial charge in [0.15, 0.2) is 0 Å². The molecule has 1 N–H and O–H groups in total. The lowest BCUT2D eigenvalue weighted by Crippen LogP contribution is -2.45. The quantitative estimate of drug-likeness (QED) is 0.778. The summed E-state index contributed by atoms with van der Waals surface area (Å²) in [5.41, 5.74) is 1.18. The molecular weight excluding hydrogens is 376 g/mol. The van der Waals surface area contributed by atoms with E-state index in [9.17, 15) is 14.4 Å². The van der Waals surface area contributed by atoms with Crippen LogP contribution in [-0.2, 0) is 27.2 Å². The third-order valence-electron chi connectivity index (χ3n) is 5.59. The standard InChI is InChI=1S/C21H30N2O4S/c1-21(2,3)20(26)23-11-9-13(10-12-23)17(24)22-18-16(19(25)27-4)14-7-5-6-8-15(14)28-18/h13H,5-12H2,1-4H3,(H,22,24). The van der Waals surface area contributed by atoms with Crippen molar-refractivity contribution in [2.24, 2.45) is 11.3 Å². The van der Waals surface area contributed by atoms with Gasteiger partial charge in [-0.1, -0.05) is 20.8 Å². The van der Waals surface area contributed by atoms with E-state index >= 15 is 0 Å². The van der Waals surface area contributed by atoms with Gasteiger partial charge in [-0.3, -0.25) is 9.59 Å². The predicted molar refractivity (Wildman–Crippen MR) is 110 cm³/mol. The van der Waals surface area contributed by atoms with E-state index in [1.54, 1.807) is 0 Å². The van der Waals surface area contributed by atoms with Crippen molar-refractivity contribution >= 4 is 34.1 Å². The van der Waals surface area contributed by atoms with Crippen molar-refractivity contribution in [3.63, 3.8) is 0 Å². The molecule has 1 aliphatic carbocycles. The van der Waals surface area contributed by atoms with Gasteiger partial charge in [0, 0.05) is 29.3 Å². The van der Waals surface area contributed by atoms with Crippen LogP contribution in [0.15, 0.2) is 0 Å². The summed E-state index contributed by atoms with van der Waals surface area (Å²) < 4.78 is 4.97. The Kier molecular flexibility index (Phi) is 6.12. The van der Waals surface area contributed by atoms with Gasteiger partial charge in [-0.2, -0.15) is 0 Å². The number of methoxy groups -OCH3 is 1. The number of aryl methyl sites for hydroxylation is 1. The number of fused-ring (bicyclic) bond motifs is 1. The van der Waals surface area contributed by atoms with E-state index in [4.69, 9.17) is 4.74 Å². The van der Waals surface area contributed by atoms with Crippen molar-refractivity contribution in [2.45, 2.75) is 59.3 Å². The van der Waals surface area contributed by atoms with Gasteiger partial charge in [0.1, 0.15) is 5.00 Å². The molecule has 6 nitrogen and oxygen atoms in total. The number of carbonyl (C=O) groups is 3. The molecule has 1 saturated heterocycles. The Morgan fingerprint density at radius 3 is 2.36 bits per heavy atom. The van der Waals surface area contributed by atoms with Crippen molar-refractivity contribution < 1.29 is 19.1 Å². The molecule has 1 fully saturated rings. The second-order valence-corrected chi connectivity index (χ2v) is 9.82. The first-order valence-corrected chi connectivity index (χ1v) is 10.9. The molecule has 28 heavy (non-hydrogen) atoms. The van der Waals surface area contributed by atoms with Crippen molar-refractivity contribution in [2.75, 3.05) is 25.5 Å². The highest BCUT2D eigenvalue weighted by molar-refractivity contribution is 7.17. The maximum absolute atomic E-state index is 12.9.